The molecule has 0 amide bonds. The van der Waals surface area contributed by atoms with Crippen molar-refractivity contribution in [3.8, 4) is 0 Å². The van der Waals surface area contributed by atoms with Gasteiger partial charge in [0.2, 0.25) is 0 Å². The van der Waals surface area contributed by atoms with Crippen LogP contribution in [0.25, 0.3) is 0 Å². The number of hydrogen-bond acceptors (Lipinski definition) is 2. The minimum Gasteiger partial charge on any atom is -0.394 e. The van der Waals surface area contributed by atoms with E-state index in [1.165, 1.54) is 32.1 Å². The van der Waals surface area contributed by atoms with Crippen molar-refractivity contribution < 1.29 is 5.11 Å². The first kappa shape index (κ1) is 9.47. The zero-order chi connectivity index (χ0) is 9.31. The Hall–Kier alpha value is -0.0800. The SMILES string of the molecule is NC(CO)(CC1CCC1)CC1CC1. The van der Waals surface area contributed by atoms with E-state index in [4.69, 9.17) is 5.73 Å². The Labute approximate surface area is 80.5 Å². The summed E-state index contributed by atoms with van der Waals surface area (Å²) in [5, 5.41) is 9.31. The maximum Gasteiger partial charge on any atom is 0.0611 e. The van der Waals surface area contributed by atoms with E-state index in [1.54, 1.807) is 0 Å². The lowest BCUT2D eigenvalue weighted by Crippen LogP contribution is -2.46. The molecule has 76 valence electrons. The van der Waals surface area contributed by atoms with Crippen molar-refractivity contribution >= 4 is 0 Å². The average Bonchev–Trinajstić information content (AvgIpc) is 2.81. The Balaban J connectivity index is 1.80. The highest BCUT2D eigenvalue weighted by Crippen LogP contribution is 2.40. The van der Waals surface area contributed by atoms with Gasteiger partial charge in [-0.25, -0.2) is 0 Å². The Morgan fingerprint density at radius 1 is 1.08 bits per heavy atom. The summed E-state index contributed by atoms with van der Waals surface area (Å²) < 4.78 is 0. The molecule has 2 heteroatoms. The van der Waals surface area contributed by atoms with E-state index in [0.717, 1.165) is 24.7 Å². The van der Waals surface area contributed by atoms with E-state index in [1.807, 2.05) is 0 Å². The number of aliphatic hydroxyl groups excluding tert-OH is 1. The lowest BCUT2D eigenvalue weighted by atomic mass is 9.75. The Morgan fingerprint density at radius 2 is 1.62 bits per heavy atom. The molecule has 2 nitrogen and oxygen atoms in total. The molecule has 0 aliphatic heterocycles. The zero-order valence-electron chi connectivity index (χ0n) is 8.34. The molecule has 13 heavy (non-hydrogen) atoms. The number of nitrogens with two attached hydrogens (primary N) is 1. The largest absolute Gasteiger partial charge is 0.394 e. The molecule has 0 aromatic heterocycles. The smallest absolute Gasteiger partial charge is 0.0611 e. The second kappa shape index (κ2) is 3.58. The molecule has 0 bridgehead atoms. The van der Waals surface area contributed by atoms with Crippen LogP contribution in [0.1, 0.15) is 44.9 Å². The van der Waals surface area contributed by atoms with E-state index in [2.05, 4.69) is 0 Å². The molecular formula is C11H21NO. The van der Waals surface area contributed by atoms with Crippen LogP contribution in [-0.4, -0.2) is 17.3 Å². The van der Waals surface area contributed by atoms with Crippen molar-refractivity contribution in [2.24, 2.45) is 17.6 Å². The molecule has 0 radical (unpaired) electrons. The third kappa shape index (κ3) is 2.44. The molecule has 0 saturated heterocycles. The van der Waals surface area contributed by atoms with Crippen LogP contribution in [-0.2, 0) is 0 Å². The normalized spacial score (nSPS) is 28.2. The van der Waals surface area contributed by atoms with E-state index < -0.39 is 0 Å². The molecule has 2 fully saturated rings. The molecule has 1 unspecified atom stereocenters. The van der Waals surface area contributed by atoms with Crippen LogP contribution in [0.15, 0.2) is 0 Å². The van der Waals surface area contributed by atoms with Gasteiger partial charge in [0, 0.05) is 5.54 Å². The Bertz CT molecular complexity index is 175. The summed E-state index contributed by atoms with van der Waals surface area (Å²) >= 11 is 0. The number of hydrogen-bond donors (Lipinski definition) is 2. The molecule has 0 aromatic rings. The predicted molar refractivity (Wildman–Crippen MR) is 53.3 cm³/mol. The molecule has 2 saturated carbocycles. The van der Waals surface area contributed by atoms with Gasteiger partial charge in [-0.2, -0.15) is 0 Å². The minimum absolute atomic E-state index is 0.181. The third-order valence-electron chi connectivity index (χ3n) is 3.63. The molecule has 0 spiro atoms. The molecule has 2 aliphatic rings. The summed E-state index contributed by atoms with van der Waals surface area (Å²) in [5.41, 5.74) is 5.95. The summed E-state index contributed by atoms with van der Waals surface area (Å²) in [6.07, 6.45) is 8.83. The fraction of sp³-hybridized carbons (Fsp3) is 1.00. The third-order valence-corrected chi connectivity index (χ3v) is 3.63. The fourth-order valence-electron chi connectivity index (χ4n) is 2.38. The summed E-state index contributed by atoms with van der Waals surface area (Å²) in [6.45, 7) is 0.181. The second-order valence-corrected chi connectivity index (χ2v) is 5.17. The van der Waals surface area contributed by atoms with Gasteiger partial charge in [0.05, 0.1) is 6.61 Å². The highest BCUT2D eigenvalue weighted by Gasteiger charge is 2.36. The van der Waals surface area contributed by atoms with Crippen LogP contribution >= 0.6 is 0 Å². The van der Waals surface area contributed by atoms with Gasteiger partial charge < -0.3 is 10.8 Å². The molecule has 2 rings (SSSR count). The summed E-state index contributed by atoms with van der Waals surface area (Å²) in [4.78, 5) is 0. The van der Waals surface area contributed by atoms with Gasteiger partial charge in [-0.1, -0.05) is 32.1 Å². The molecule has 0 heterocycles. The van der Waals surface area contributed by atoms with E-state index >= 15 is 0 Å². The zero-order valence-corrected chi connectivity index (χ0v) is 8.34. The first-order chi connectivity index (χ1) is 6.22. The standard InChI is InChI=1S/C11H21NO/c12-11(8-13,7-10-4-5-10)6-9-2-1-3-9/h9-10,13H,1-8,12H2. The van der Waals surface area contributed by atoms with Crippen LogP contribution in [0, 0.1) is 11.8 Å². The summed E-state index contributed by atoms with van der Waals surface area (Å²) in [6, 6.07) is 0. The second-order valence-electron chi connectivity index (χ2n) is 5.17. The summed E-state index contributed by atoms with van der Waals surface area (Å²) in [5.74, 6) is 1.65. The van der Waals surface area contributed by atoms with Gasteiger partial charge in [0.25, 0.3) is 0 Å². The van der Waals surface area contributed by atoms with Crippen molar-refractivity contribution in [1.29, 1.82) is 0 Å². The van der Waals surface area contributed by atoms with E-state index in [9.17, 15) is 5.11 Å². The summed E-state index contributed by atoms with van der Waals surface area (Å²) in [7, 11) is 0. The predicted octanol–water partition coefficient (Wildman–Crippen LogP) is 1.67. The number of rotatable bonds is 5. The van der Waals surface area contributed by atoms with Crippen molar-refractivity contribution in [2.75, 3.05) is 6.61 Å². The van der Waals surface area contributed by atoms with Gasteiger partial charge in [-0.05, 0) is 24.7 Å². The lowest BCUT2D eigenvalue weighted by molar-refractivity contribution is 0.130. The number of aliphatic hydroxyl groups is 1. The topological polar surface area (TPSA) is 46.2 Å². The molecule has 1 atom stereocenters. The molecular weight excluding hydrogens is 162 g/mol. The monoisotopic (exact) mass is 183 g/mol. The molecule has 3 N–H and O–H groups in total. The van der Waals surface area contributed by atoms with E-state index in [-0.39, 0.29) is 12.1 Å². The van der Waals surface area contributed by atoms with Gasteiger partial charge in [0.1, 0.15) is 0 Å². The molecule has 0 aromatic carbocycles. The van der Waals surface area contributed by atoms with Gasteiger partial charge in [0.15, 0.2) is 0 Å². The van der Waals surface area contributed by atoms with Crippen LogP contribution in [0.4, 0.5) is 0 Å². The highest BCUT2D eigenvalue weighted by atomic mass is 16.3. The van der Waals surface area contributed by atoms with Crippen LogP contribution in [0.5, 0.6) is 0 Å². The lowest BCUT2D eigenvalue weighted by Gasteiger charge is -2.35. The van der Waals surface area contributed by atoms with Gasteiger partial charge in [-0.3, -0.25) is 0 Å². The maximum atomic E-state index is 9.31. The quantitative estimate of drug-likeness (QED) is 0.681. The first-order valence-corrected chi connectivity index (χ1v) is 5.62. The maximum absolute atomic E-state index is 9.31. The Kier molecular flexibility index (Phi) is 2.61. The fourth-order valence-corrected chi connectivity index (χ4v) is 2.38. The van der Waals surface area contributed by atoms with E-state index in [0.29, 0.717) is 0 Å². The Morgan fingerprint density at radius 3 is 1.92 bits per heavy atom. The van der Waals surface area contributed by atoms with Crippen molar-refractivity contribution in [2.45, 2.75) is 50.5 Å². The van der Waals surface area contributed by atoms with Crippen LogP contribution in [0.2, 0.25) is 0 Å². The van der Waals surface area contributed by atoms with Crippen LogP contribution < -0.4 is 5.73 Å². The minimum atomic E-state index is -0.244. The van der Waals surface area contributed by atoms with Gasteiger partial charge >= 0.3 is 0 Å². The highest BCUT2D eigenvalue weighted by molar-refractivity contribution is 4.93. The van der Waals surface area contributed by atoms with Crippen molar-refractivity contribution in [3.05, 3.63) is 0 Å². The first-order valence-electron chi connectivity index (χ1n) is 5.62. The molecule has 2 aliphatic carbocycles. The average molecular weight is 183 g/mol. The van der Waals surface area contributed by atoms with Crippen molar-refractivity contribution in [3.63, 3.8) is 0 Å². The van der Waals surface area contributed by atoms with Crippen molar-refractivity contribution in [1.82, 2.24) is 0 Å². The van der Waals surface area contributed by atoms with Crippen LogP contribution in [0.3, 0.4) is 0 Å². The van der Waals surface area contributed by atoms with Gasteiger partial charge in [-0.15, -0.1) is 0 Å².